The smallest absolute Gasteiger partial charge is 0.119 e. The van der Waals surface area contributed by atoms with Gasteiger partial charge in [-0.2, -0.15) is 0 Å². The van der Waals surface area contributed by atoms with E-state index in [-0.39, 0.29) is 0 Å². The Balaban J connectivity index is 1.70. The van der Waals surface area contributed by atoms with Crippen LogP contribution >= 0.6 is 0 Å². The molecule has 176 valence electrons. The summed E-state index contributed by atoms with van der Waals surface area (Å²) in [6.45, 7) is 9.99. The molecule has 3 aromatic rings. The molecule has 0 amide bonds. The van der Waals surface area contributed by atoms with Crippen LogP contribution in [-0.4, -0.2) is 11.6 Å². The maximum atomic E-state index is 6.02. The second-order valence-corrected chi connectivity index (χ2v) is 9.47. The van der Waals surface area contributed by atoms with E-state index in [1.54, 1.807) is 0 Å². The van der Waals surface area contributed by atoms with E-state index in [9.17, 15) is 0 Å². The van der Waals surface area contributed by atoms with Gasteiger partial charge in [0.2, 0.25) is 0 Å². The van der Waals surface area contributed by atoms with Crippen molar-refractivity contribution in [3.63, 3.8) is 0 Å². The highest BCUT2D eigenvalue weighted by Crippen LogP contribution is 2.35. The van der Waals surface area contributed by atoms with Crippen molar-refractivity contribution in [2.24, 2.45) is 5.92 Å². The summed E-state index contributed by atoms with van der Waals surface area (Å²) >= 11 is 0. The fourth-order valence-corrected chi connectivity index (χ4v) is 4.61. The normalized spacial score (nSPS) is 13.0. The summed E-state index contributed by atoms with van der Waals surface area (Å²) in [5.74, 6) is 2.33. The van der Waals surface area contributed by atoms with Crippen LogP contribution in [0.2, 0.25) is 0 Å². The number of hydrogen-bond donors (Lipinski definition) is 0. The number of nitrogens with zero attached hydrogens (tertiary/aromatic N) is 1. The lowest BCUT2D eigenvalue weighted by Gasteiger charge is -2.16. The van der Waals surface area contributed by atoms with Gasteiger partial charge >= 0.3 is 0 Å². The Kier molecular flexibility index (Phi) is 10.00. The molecule has 1 aromatic heterocycles. The first-order valence-electron chi connectivity index (χ1n) is 12.9. The minimum Gasteiger partial charge on any atom is -0.494 e. The molecule has 0 saturated carbocycles. The highest BCUT2D eigenvalue weighted by Gasteiger charge is 2.13. The Hall–Kier alpha value is -2.61. The third-order valence-electron chi connectivity index (χ3n) is 6.58. The van der Waals surface area contributed by atoms with E-state index in [1.807, 2.05) is 12.3 Å². The Morgan fingerprint density at radius 2 is 1.58 bits per heavy atom. The fourth-order valence-electron chi connectivity index (χ4n) is 4.61. The lowest BCUT2D eigenvalue weighted by molar-refractivity contribution is 0.299. The lowest BCUT2D eigenvalue weighted by atomic mass is 9.89. The molecule has 2 atom stereocenters. The summed E-state index contributed by atoms with van der Waals surface area (Å²) in [6.07, 6.45) is 10.6. The average molecular weight is 444 g/mol. The van der Waals surface area contributed by atoms with Crippen LogP contribution in [0.15, 0.2) is 66.9 Å². The van der Waals surface area contributed by atoms with Crippen LogP contribution in [0.3, 0.4) is 0 Å². The highest BCUT2D eigenvalue weighted by atomic mass is 16.5. The van der Waals surface area contributed by atoms with E-state index in [1.165, 1.54) is 60.8 Å². The van der Waals surface area contributed by atoms with E-state index in [0.29, 0.717) is 5.92 Å². The fraction of sp³-hybridized carbons (Fsp3) is 0.452. The molecular weight excluding hydrogens is 402 g/mol. The standard InChI is InChI=1S/C31H41NO/c1-5-11-24(3)13-8-10-22-33-28-18-15-26(16-19-28)29-20-17-27(25(4)12-6-2)23-30(29)31-14-7-9-21-32-31/h7,9,14-21,23-25H,5-6,8,10-13,22H2,1-4H3. The predicted octanol–water partition coefficient (Wildman–Crippen LogP) is 9.30. The summed E-state index contributed by atoms with van der Waals surface area (Å²) in [5.41, 5.74) is 6.03. The summed E-state index contributed by atoms with van der Waals surface area (Å²) in [5, 5.41) is 0. The van der Waals surface area contributed by atoms with Crippen LogP contribution in [-0.2, 0) is 0 Å². The molecule has 2 heteroatoms. The molecule has 2 nitrogen and oxygen atoms in total. The van der Waals surface area contributed by atoms with Crippen molar-refractivity contribution in [3.05, 3.63) is 72.4 Å². The first-order chi connectivity index (χ1) is 16.1. The second-order valence-electron chi connectivity index (χ2n) is 9.47. The van der Waals surface area contributed by atoms with Gasteiger partial charge in [0.05, 0.1) is 12.3 Å². The molecule has 0 aliphatic heterocycles. The van der Waals surface area contributed by atoms with Gasteiger partial charge in [0.15, 0.2) is 0 Å². The van der Waals surface area contributed by atoms with Crippen molar-refractivity contribution in [3.8, 4) is 28.1 Å². The van der Waals surface area contributed by atoms with Gasteiger partial charge in [-0.15, -0.1) is 0 Å². The second kappa shape index (κ2) is 13.2. The summed E-state index contributed by atoms with van der Waals surface area (Å²) < 4.78 is 6.02. The third kappa shape index (κ3) is 7.45. The zero-order valence-electron chi connectivity index (χ0n) is 21.0. The average Bonchev–Trinajstić information content (AvgIpc) is 2.85. The first-order valence-corrected chi connectivity index (χ1v) is 12.9. The Labute approximate surface area is 201 Å². The van der Waals surface area contributed by atoms with E-state index in [4.69, 9.17) is 4.74 Å². The maximum absolute atomic E-state index is 6.02. The van der Waals surface area contributed by atoms with Crippen LogP contribution in [0.1, 0.15) is 84.1 Å². The van der Waals surface area contributed by atoms with Crippen LogP contribution in [0.4, 0.5) is 0 Å². The molecule has 3 rings (SSSR count). The van der Waals surface area contributed by atoms with Gasteiger partial charge < -0.3 is 4.74 Å². The molecule has 0 saturated heterocycles. The van der Waals surface area contributed by atoms with E-state index >= 15 is 0 Å². The van der Waals surface area contributed by atoms with Crippen LogP contribution in [0, 0.1) is 5.92 Å². The topological polar surface area (TPSA) is 22.1 Å². The molecular formula is C31H41NO. The first kappa shape index (κ1) is 25.0. The number of pyridine rings is 1. The van der Waals surface area contributed by atoms with Gasteiger partial charge in [0.25, 0.3) is 0 Å². The van der Waals surface area contributed by atoms with Crippen molar-refractivity contribution in [1.29, 1.82) is 0 Å². The minimum atomic E-state index is 0.548. The number of unbranched alkanes of at least 4 members (excludes halogenated alkanes) is 1. The number of rotatable bonds is 13. The van der Waals surface area contributed by atoms with Gasteiger partial charge in [-0.1, -0.05) is 83.7 Å². The maximum Gasteiger partial charge on any atom is 0.119 e. The van der Waals surface area contributed by atoms with Crippen molar-refractivity contribution in [2.75, 3.05) is 6.61 Å². The molecule has 0 N–H and O–H groups in total. The van der Waals surface area contributed by atoms with Gasteiger partial charge in [-0.3, -0.25) is 4.98 Å². The molecule has 0 aliphatic carbocycles. The SMILES string of the molecule is CCCC(C)CCCCOc1ccc(-c2ccc(C(C)CCC)cc2-c2ccccn2)cc1. The third-order valence-corrected chi connectivity index (χ3v) is 6.58. The van der Waals surface area contributed by atoms with Crippen molar-refractivity contribution in [1.82, 2.24) is 4.98 Å². The summed E-state index contributed by atoms with van der Waals surface area (Å²) in [7, 11) is 0. The van der Waals surface area contributed by atoms with E-state index in [2.05, 4.69) is 87.3 Å². The zero-order chi connectivity index (χ0) is 23.5. The number of hydrogen-bond acceptors (Lipinski definition) is 2. The summed E-state index contributed by atoms with van der Waals surface area (Å²) in [4.78, 5) is 4.66. The van der Waals surface area contributed by atoms with Crippen molar-refractivity contribution in [2.45, 2.75) is 78.6 Å². The molecule has 0 radical (unpaired) electrons. The van der Waals surface area contributed by atoms with Gasteiger partial charge in [0.1, 0.15) is 5.75 Å². The largest absolute Gasteiger partial charge is 0.494 e. The van der Waals surface area contributed by atoms with Gasteiger partial charge in [0, 0.05) is 11.8 Å². The molecule has 2 aromatic carbocycles. The minimum absolute atomic E-state index is 0.548. The van der Waals surface area contributed by atoms with Crippen LogP contribution in [0.5, 0.6) is 5.75 Å². The molecule has 0 fully saturated rings. The lowest BCUT2D eigenvalue weighted by Crippen LogP contribution is -2.00. The Morgan fingerprint density at radius 3 is 2.27 bits per heavy atom. The molecule has 33 heavy (non-hydrogen) atoms. The molecule has 0 aliphatic rings. The molecule has 1 heterocycles. The van der Waals surface area contributed by atoms with E-state index < -0.39 is 0 Å². The number of aromatic nitrogens is 1. The Bertz CT molecular complexity index is 948. The summed E-state index contributed by atoms with van der Waals surface area (Å²) in [6, 6.07) is 21.6. The van der Waals surface area contributed by atoms with E-state index in [0.717, 1.165) is 30.4 Å². The number of benzene rings is 2. The Morgan fingerprint density at radius 1 is 0.788 bits per heavy atom. The van der Waals surface area contributed by atoms with Crippen LogP contribution < -0.4 is 4.74 Å². The van der Waals surface area contributed by atoms with Crippen molar-refractivity contribution >= 4 is 0 Å². The zero-order valence-corrected chi connectivity index (χ0v) is 21.0. The molecule has 2 unspecified atom stereocenters. The number of ether oxygens (including phenoxy) is 1. The predicted molar refractivity (Wildman–Crippen MR) is 142 cm³/mol. The molecule has 0 bridgehead atoms. The van der Waals surface area contributed by atoms with Gasteiger partial charge in [-0.25, -0.2) is 0 Å². The van der Waals surface area contributed by atoms with Crippen molar-refractivity contribution < 1.29 is 4.74 Å². The monoisotopic (exact) mass is 443 g/mol. The van der Waals surface area contributed by atoms with Crippen LogP contribution in [0.25, 0.3) is 22.4 Å². The van der Waals surface area contributed by atoms with Gasteiger partial charge in [-0.05, 0) is 78.1 Å². The quantitative estimate of drug-likeness (QED) is 0.245. The molecule has 0 spiro atoms. The highest BCUT2D eigenvalue weighted by molar-refractivity contribution is 5.82.